The average molecular weight is 338 g/mol. The molecule has 0 aliphatic heterocycles. The van der Waals surface area contributed by atoms with Crippen LogP contribution in [0.3, 0.4) is 0 Å². The third-order valence-electron chi connectivity index (χ3n) is 2.93. The highest BCUT2D eigenvalue weighted by Crippen LogP contribution is 2.21. The first-order chi connectivity index (χ1) is 9.66. The van der Waals surface area contributed by atoms with Gasteiger partial charge in [0.1, 0.15) is 0 Å². The number of imidazole rings is 1. The van der Waals surface area contributed by atoms with E-state index in [-0.39, 0.29) is 5.56 Å². The molecule has 0 aliphatic rings. The van der Waals surface area contributed by atoms with Gasteiger partial charge in [-0.25, -0.2) is 9.78 Å². The molecule has 2 rings (SSSR count). The minimum atomic E-state index is -0.927. The minimum absolute atomic E-state index is 0.274. The van der Waals surface area contributed by atoms with Crippen molar-refractivity contribution in [2.24, 2.45) is 0 Å². The lowest BCUT2D eigenvalue weighted by molar-refractivity contribution is 0.0696. The highest BCUT2D eigenvalue weighted by molar-refractivity contribution is 9.10. The number of rotatable bonds is 7. The molecule has 0 fully saturated rings. The van der Waals surface area contributed by atoms with E-state index in [1.165, 1.54) is 0 Å². The van der Waals surface area contributed by atoms with Crippen molar-refractivity contribution < 1.29 is 9.90 Å². The summed E-state index contributed by atoms with van der Waals surface area (Å²) in [5.74, 6) is -0.927. The van der Waals surface area contributed by atoms with Crippen LogP contribution in [0.25, 0.3) is 0 Å². The SMILES string of the molecule is O=C(O)c1ccc(NCCCCn2ccnc2)cc1Br. The van der Waals surface area contributed by atoms with Crippen molar-refractivity contribution >= 4 is 27.6 Å². The Kier molecular flexibility index (Phi) is 5.17. The van der Waals surface area contributed by atoms with E-state index in [9.17, 15) is 4.79 Å². The maximum Gasteiger partial charge on any atom is 0.336 e. The lowest BCUT2D eigenvalue weighted by atomic mass is 10.2. The van der Waals surface area contributed by atoms with Crippen LogP contribution in [0.15, 0.2) is 41.4 Å². The Balaban J connectivity index is 1.74. The van der Waals surface area contributed by atoms with Crippen LogP contribution in [0.1, 0.15) is 23.2 Å². The standard InChI is InChI=1S/C14H16BrN3O2/c15-13-9-11(3-4-12(13)14(19)20)17-5-1-2-7-18-8-6-16-10-18/h3-4,6,8-10,17H,1-2,5,7H2,(H,19,20). The Bertz CT molecular complexity index is 570. The van der Waals surface area contributed by atoms with Gasteiger partial charge in [-0.1, -0.05) is 0 Å². The maximum absolute atomic E-state index is 10.9. The molecule has 2 aromatic rings. The number of carboxylic acid groups (broad SMARTS) is 1. The zero-order valence-corrected chi connectivity index (χ0v) is 12.5. The largest absolute Gasteiger partial charge is 0.478 e. The molecule has 0 atom stereocenters. The number of anilines is 1. The van der Waals surface area contributed by atoms with Crippen molar-refractivity contribution in [3.8, 4) is 0 Å². The number of hydrogen-bond donors (Lipinski definition) is 2. The van der Waals surface area contributed by atoms with Crippen LogP contribution in [0, 0.1) is 0 Å². The number of aromatic nitrogens is 2. The lowest BCUT2D eigenvalue weighted by Crippen LogP contribution is -2.05. The van der Waals surface area contributed by atoms with Crippen LogP contribution in [0.4, 0.5) is 5.69 Å². The number of nitrogens with one attached hydrogen (secondary N) is 1. The van der Waals surface area contributed by atoms with Gasteiger partial charge in [0.2, 0.25) is 0 Å². The Morgan fingerprint density at radius 3 is 2.90 bits per heavy atom. The molecule has 0 amide bonds. The van der Waals surface area contributed by atoms with Crippen molar-refractivity contribution in [1.82, 2.24) is 9.55 Å². The summed E-state index contributed by atoms with van der Waals surface area (Å²) in [6.07, 6.45) is 7.65. The number of aryl methyl sites for hydroxylation is 1. The summed E-state index contributed by atoms with van der Waals surface area (Å²) in [4.78, 5) is 14.9. The second-order valence-corrected chi connectivity index (χ2v) is 5.29. The Morgan fingerprint density at radius 2 is 2.25 bits per heavy atom. The minimum Gasteiger partial charge on any atom is -0.478 e. The first-order valence-corrected chi connectivity index (χ1v) is 7.18. The summed E-state index contributed by atoms with van der Waals surface area (Å²) < 4.78 is 2.64. The van der Waals surface area contributed by atoms with E-state index < -0.39 is 5.97 Å². The smallest absolute Gasteiger partial charge is 0.336 e. The summed E-state index contributed by atoms with van der Waals surface area (Å²) in [7, 11) is 0. The number of halogens is 1. The molecule has 1 aromatic heterocycles. The summed E-state index contributed by atoms with van der Waals surface area (Å²) in [5.41, 5.74) is 1.19. The molecule has 0 saturated carbocycles. The molecular formula is C14H16BrN3O2. The van der Waals surface area contributed by atoms with Crippen LogP contribution in [0.2, 0.25) is 0 Å². The maximum atomic E-state index is 10.9. The van der Waals surface area contributed by atoms with Crippen molar-refractivity contribution in [1.29, 1.82) is 0 Å². The molecule has 0 radical (unpaired) electrons. The van der Waals surface area contributed by atoms with Crippen molar-refractivity contribution in [2.45, 2.75) is 19.4 Å². The van der Waals surface area contributed by atoms with Crippen LogP contribution in [-0.2, 0) is 6.54 Å². The Labute approximate surface area is 125 Å². The highest BCUT2D eigenvalue weighted by atomic mass is 79.9. The molecule has 2 N–H and O–H groups in total. The monoisotopic (exact) mass is 337 g/mol. The summed E-state index contributed by atoms with van der Waals surface area (Å²) in [5, 5.41) is 12.2. The van der Waals surface area contributed by atoms with E-state index in [2.05, 4.69) is 30.8 Å². The van der Waals surface area contributed by atoms with Gasteiger partial charge in [-0.05, 0) is 47.0 Å². The molecule has 0 aliphatic carbocycles. The fourth-order valence-corrected chi connectivity index (χ4v) is 2.42. The number of aromatic carboxylic acids is 1. The van der Waals surface area contributed by atoms with Gasteiger partial charge in [0.25, 0.3) is 0 Å². The Morgan fingerprint density at radius 1 is 1.40 bits per heavy atom. The van der Waals surface area contributed by atoms with Crippen LogP contribution < -0.4 is 5.32 Å². The van der Waals surface area contributed by atoms with Crippen LogP contribution >= 0.6 is 15.9 Å². The van der Waals surface area contributed by atoms with Gasteiger partial charge in [0, 0.05) is 35.6 Å². The van der Waals surface area contributed by atoms with Crippen molar-refractivity contribution in [2.75, 3.05) is 11.9 Å². The first kappa shape index (κ1) is 14.6. The number of nitrogens with zero attached hydrogens (tertiary/aromatic N) is 2. The molecule has 6 heteroatoms. The number of benzene rings is 1. The molecule has 0 unspecified atom stereocenters. The molecule has 20 heavy (non-hydrogen) atoms. The summed E-state index contributed by atoms with van der Waals surface area (Å²) in [6.45, 7) is 1.82. The van der Waals surface area contributed by atoms with Gasteiger partial charge in [0.15, 0.2) is 0 Å². The van der Waals surface area contributed by atoms with Gasteiger partial charge >= 0.3 is 5.97 Å². The van der Waals surface area contributed by atoms with Crippen LogP contribution in [-0.4, -0.2) is 27.2 Å². The summed E-state index contributed by atoms with van der Waals surface area (Å²) >= 11 is 3.27. The average Bonchev–Trinajstić information content (AvgIpc) is 2.91. The zero-order valence-electron chi connectivity index (χ0n) is 10.9. The fraction of sp³-hybridized carbons (Fsp3) is 0.286. The fourth-order valence-electron chi connectivity index (χ4n) is 1.87. The van der Waals surface area contributed by atoms with Gasteiger partial charge in [-0.3, -0.25) is 0 Å². The summed E-state index contributed by atoms with van der Waals surface area (Å²) in [6, 6.07) is 5.17. The molecule has 0 saturated heterocycles. The van der Waals surface area contributed by atoms with E-state index in [4.69, 9.17) is 5.11 Å². The molecule has 0 spiro atoms. The predicted octanol–water partition coefficient (Wildman–Crippen LogP) is 3.24. The van der Waals surface area contributed by atoms with Crippen LogP contribution in [0.5, 0.6) is 0 Å². The lowest BCUT2D eigenvalue weighted by Gasteiger charge is -2.08. The topological polar surface area (TPSA) is 67.2 Å². The molecule has 1 heterocycles. The second kappa shape index (κ2) is 7.09. The quantitative estimate of drug-likeness (QED) is 0.761. The number of carboxylic acids is 1. The van der Waals surface area contributed by atoms with Gasteiger partial charge in [0.05, 0.1) is 11.9 Å². The van der Waals surface area contributed by atoms with E-state index in [0.29, 0.717) is 4.47 Å². The normalized spacial score (nSPS) is 10.4. The van der Waals surface area contributed by atoms with Crippen molar-refractivity contribution in [3.63, 3.8) is 0 Å². The zero-order chi connectivity index (χ0) is 14.4. The first-order valence-electron chi connectivity index (χ1n) is 6.39. The molecule has 0 bridgehead atoms. The van der Waals surface area contributed by atoms with E-state index in [1.807, 2.05) is 12.5 Å². The van der Waals surface area contributed by atoms with E-state index in [0.717, 1.165) is 31.6 Å². The van der Waals surface area contributed by atoms with E-state index in [1.54, 1.807) is 24.4 Å². The highest BCUT2D eigenvalue weighted by Gasteiger charge is 2.07. The molecule has 1 aromatic carbocycles. The third kappa shape index (κ3) is 4.09. The predicted molar refractivity (Wildman–Crippen MR) is 81.1 cm³/mol. The van der Waals surface area contributed by atoms with Gasteiger partial charge < -0.3 is 15.0 Å². The van der Waals surface area contributed by atoms with Crippen molar-refractivity contribution in [3.05, 3.63) is 47.0 Å². The molecular weight excluding hydrogens is 322 g/mol. The number of unbranched alkanes of at least 4 members (excludes halogenated alkanes) is 1. The van der Waals surface area contributed by atoms with Gasteiger partial charge in [-0.2, -0.15) is 0 Å². The molecule has 5 nitrogen and oxygen atoms in total. The number of carbonyl (C=O) groups is 1. The van der Waals surface area contributed by atoms with Gasteiger partial charge in [-0.15, -0.1) is 0 Å². The molecule has 106 valence electrons. The van der Waals surface area contributed by atoms with E-state index >= 15 is 0 Å². The third-order valence-corrected chi connectivity index (χ3v) is 3.59. The second-order valence-electron chi connectivity index (χ2n) is 4.43. The Hall–Kier alpha value is -1.82. The number of hydrogen-bond acceptors (Lipinski definition) is 3.